The molecule has 1 aliphatic heterocycles. The van der Waals surface area contributed by atoms with Crippen molar-refractivity contribution in [2.45, 2.75) is 85.0 Å². The van der Waals surface area contributed by atoms with E-state index in [1.54, 1.807) is 24.9 Å². The largest absolute Gasteiger partial charge is 0.491 e. The summed E-state index contributed by atoms with van der Waals surface area (Å²) < 4.78 is 10.5. The van der Waals surface area contributed by atoms with E-state index in [2.05, 4.69) is 39.0 Å². The van der Waals surface area contributed by atoms with E-state index in [1.807, 2.05) is 25.4 Å². The first-order valence-electron chi connectivity index (χ1n) is 15.2. The molecule has 42 heavy (non-hydrogen) atoms. The molecule has 228 valence electrons. The molecule has 0 fully saturated rings. The predicted molar refractivity (Wildman–Crippen MR) is 165 cm³/mol. The molecule has 1 aliphatic rings. The lowest BCUT2D eigenvalue weighted by molar-refractivity contribution is -0.118. The smallest absolute Gasteiger partial charge is 0.341 e. The molecule has 0 bridgehead atoms. The van der Waals surface area contributed by atoms with Crippen molar-refractivity contribution in [3.05, 3.63) is 59.2 Å². The van der Waals surface area contributed by atoms with Crippen molar-refractivity contribution >= 4 is 17.6 Å². The maximum atomic E-state index is 11.9. The number of rotatable bonds is 15. The van der Waals surface area contributed by atoms with Crippen molar-refractivity contribution in [1.82, 2.24) is 15.5 Å². The Hall–Kier alpha value is -3.72. The number of hydrogen-bond donors (Lipinski definition) is 2. The SMILES string of the molecule is CCCCCCCCCCNCCOc1cncc(-c2ccc3c(c2)CCC(=O)N3C)c1.Cc1noc(C)c1C(=O)O. The van der Waals surface area contributed by atoms with Gasteiger partial charge in [-0.1, -0.05) is 63.1 Å². The highest BCUT2D eigenvalue weighted by Crippen LogP contribution is 2.32. The first kappa shape index (κ1) is 32.8. The van der Waals surface area contributed by atoms with Crippen LogP contribution in [-0.4, -0.2) is 53.9 Å². The number of benzene rings is 1. The number of carbonyl (C=O) groups is 2. The summed E-state index contributed by atoms with van der Waals surface area (Å²) in [6, 6.07) is 8.31. The lowest BCUT2D eigenvalue weighted by Gasteiger charge is -2.26. The zero-order valence-corrected chi connectivity index (χ0v) is 25.6. The minimum Gasteiger partial charge on any atom is -0.491 e. The molecule has 1 amide bonds. The van der Waals surface area contributed by atoms with Crippen LogP contribution in [0.25, 0.3) is 11.1 Å². The quantitative estimate of drug-likeness (QED) is 0.190. The highest BCUT2D eigenvalue weighted by atomic mass is 16.5. The van der Waals surface area contributed by atoms with Gasteiger partial charge in [-0.15, -0.1) is 0 Å². The van der Waals surface area contributed by atoms with Crippen LogP contribution in [0.2, 0.25) is 0 Å². The van der Waals surface area contributed by atoms with Crippen molar-refractivity contribution in [3.8, 4) is 16.9 Å². The van der Waals surface area contributed by atoms with E-state index < -0.39 is 5.97 Å². The topological polar surface area (TPSA) is 118 Å². The van der Waals surface area contributed by atoms with Crippen LogP contribution in [-0.2, 0) is 11.2 Å². The molecular formula is C33H46N4O5. The first-order chi connectivity index (χ1) is 20.3. The van der Waals surface area contributed by atoms with Gasteiger partial charge < -0.3 is 24.6 Å². The number of carboxylic acid groups (broad SMARTS) is 1. The minimum atomic E-state index is -0.990. The first-order valence-corrected chi connectivity index (χ1v) is 15.2. The standard InChI is InChI=1S/C27H39N3O2.C6H7NO3/c1-3-4-5-6-7-8-9-10-15-28-16-17-32-25-19-24(20-29-21-25)22-11-13-26-23(18-22)12-14-27(31)30(26)2;1-3-5(6(8)9)4(2)10-7-3/h11,13,18-21,28H,3-10,12,14-17H2,1-2H3;1-2H3,(H,8,9). The summed E-state index contributed by atoms with van der Waals surface area (Å²) in [6.07, 6.45) is 15.8. The van der Waals surface area contributed by atoms with Crippen molar-refractivity contribution in [3.63, 3.8) is 0 Å². The van der Waals surface area contributed by atoms with Gasteiger partial charge in [-0.25, -0.2) is 4.79 Å². The number of anilines is 1. The summed E-state index contributed by atoms with van der Waals surface area (Å²) in [4.78, 5) is 28.4. The van der Waals surface area contributed by atoms with E-state index in [-0.39, 0.29) is 11.5 Å². The summed E-state index contributed by atoms with van der Waals surface area (Å²) >= 11 is 0. The van der Waals surface area contributed by atoms with E-state index >= 15 is 0 Å². The van der Waals surface area contributed by atoms with Gasteiger partial charge in [0.05, 0.1) is 11.9 Å². The molecule has 2 aromatic heterocycles. The third-order valence-electron chi connectivity index (χ3n) is 7.47. The summed E-state index contributed by atoms with van der Waals surface area (Å²) in [6.45, 7) is 7.98. The lowest BCUT2D eigenvalue weighted by atomic mass is 9.97. The Balaban J connectivity index is 0.000000408. The highest BCUT2D eigenvalue weighted by molar-refractivity contribution is 5.96. The van der Waals surface area contributed by atoms with E-state index in [1.165, 1.54) is 56.9 Å². The maximum absolute atomic E-state index is 11.9. The molecule has 0 unspecified atom stereocenters. The number of aromatic carboxylic acids is 1. The molecular weight excluding hydrogens is 532 g/mol. The fourth-order valence-electron chi connectivity index (χ4n) is 5.03. The molecule has 9 heteroatoms. The molecule has 0 saturated heterocycles. The van der Waals surface area contributed by atoms with Crippen LogP contribution in [0.4, 0.5) is 5.69 Å². The van der Waals surface area contributed by atoms with Crippen molar-refractivity contribution in [2.75, 3.05) is 31.6 Å². The fourth-order valence-corrected chi connectivity index (χ4v) is 5.03. The number of fused-ring (bicyclic) bond motifs is 1. The Bertz CT molecular complexity index is 1270. The van der Waals surface area contributed by atoms with Gasteiger partial charge in [-0.05, 0) is 62.6 Å². The van der Waals surface area contributed by atoms with Gasteiger partial charge in [0.1, 0.15) is 23.7 Å². The maximum Gasteiger partial charge on any atom is 0.341 e. The summed E-state index contributed by atoms with van der Waals surface area (Å²) in [5.41, 5.74) is 4.95. The molecule has 0 spiro atoms. The number of amides is 1. The van der Waals surface area contributed by atoms with E-state index in [9.17, 15) is 9.59 Å². The van der Waals surface area contributed by atoms with Crippen molar-refractivity contribution in [2.24, 2.45) is 0 Å². The third-order valence-corrected chi connectivity index (χ3v) is 7.47. The van der Waals surface area contributed by atoms with Gasteiger partial charge in [-0.3, -0.25) is 9.78 Å². The van der Waals surface area contributed by atoms with Crippen molar-refractivity contribution < 1.29 is 24.0 Å². The molecule has 0 saturated carbocycles. The zero-order chi connectivity index (χ0) is 30.3. The normalized spacial score (nSPS) is 12.5. The fraction of sp³-hybridized carbons (Fsp3) is 0.515. The number of ether oxygens (including phenoxy) is 1. The van der Waals surface area contributed by atoms with E-state index in [0.717, 1.165) is 42.1 Å². The molecule has 9 nitrogen and oxygen atoms in total. The molecule has 4 rings (SSSR count). The van der Waals surface area contributed by atoms with Crippen LogP contribution in [0.3, 0.4) is 0 Å². The van der Waals surface area contributed by atoms with Gasteiger partial charge in [0.15, 0.2) is 0 Å². The third kappa shape index (κ3) is 9.98. The molecule has 3 heterocycles. The number of carbonyl (C=O) groups excluding carboxylic acids is 1. The molecule has 3 aromatic rings. The molecule has 0 aliphatic carbocycles. The monoisotopic (exact) mass is 578 g/mol. The number of nitrogens with zero attached hydrogens (tertiary/aromatic N) is 3. The van der Waals surface area contributed by atoms with Crippen molar-refractivity contribution in [1.29, 1.82) is 0 Å². The number of aryl methyl sites for hydroxylation is 3. The van der Waals surface area contributed by atoms with Gasteiger partial charge >= 0.3 is 5.97 Å². The Morgan fingerprint density at radius 1 is 1.00 bits per heavy atom. The average Bonchev–Trinajstić information content (AvgIpc) is 3.33. The molecule has 0 atom stereocenters. The lowest BCUT2D eigenvalue weighted by Crippen LogP contribution is -2.30. The van der Waals surface area contributed by atoms with Gasteiger partial charge in [0.25, 0.3) is 0 Å². The second-order valence-electron chi connectivity index (χ2n) is 10.8. The highest BCUT2D eigenvalue weighted by Gasteiger charge is 2.21. The predicted octanol–water partition coefficient (Wildman–Crippen LogP) is 6.76. The number of unbranched alkanes of at least 4 members (excludes halogenated alkanes) is 7. The Morgan fingerprint density at radius 3 is 2.40 bits per heavy atom. The number of hydrogen-bond acceptors (Lipinski definition) is 7. The Kier molecular flexibility index (Phi) is 13.5. The van der Waals surface area contributed by atoms with Crippen LogP contribution in [0, 0.1) is 13.8 Å². The summed E-state index contributed by atoms with van der Waals surface area (Å²) in [7, 11) is 1.85. The van der Waals surface area contributed by atoms with E-state index in [0.29, 0.717) is 24.5 Å². The molecule has 2 N–H and O–H groups in total. The summed E-state index contributed by atoms with van der Waals surface area (Å²) in [5, 5.41) is 15.5. The average molecular weight is 579 g/mol. The number of aromatic nitrogens is 2. The zero-order valence-electron chi connectivity index (χ0n) is 25.6. The van der Waals surface area contributed by atoms with Crippen LogP contribution >= 0.6 is 0 Å². The van der Waals surface area contributed by atoms with Crippen LogP contribution < -0.4 is 15.0 Å². The van der Waals surface area contributed by atoms with Gasteiger partial charge in [0, 0.05) is 37.5 Å². The second kappa shape index (κ2) is 17.3. The number of pyridine rings is 1. The second-order valence-corrected chi connectivity index (χ2v) is 10.8. The van der Waals surface area contributed by atoms with Crippen LogP contribution in [0.1, 0.15) is 92.1 Å². The van der Waals surface area contributed by atoms with Gasteiger partial charge in [0.2, 0.25) is 5.91 Å². The number of nitrogens with one attached hydrogen (secondary N) is 1. The van der Waals surface area contributed by atoms with Gasteiger partial charge in [-0.2, -0.15) is 0 Å². The Morgan fingerprint density at radius 2 is 1.74 bits per heavy atom. The summed E-state index contributed by atoms with van der Waals surface area (Å²) in [5.74, 6) is 0.334. The molecule has 1 aromatic carbocycles. The number of carboxylic acids is 1. The Labute approximate surface area is 249 Å². The minimum absolute atomic E-state index is 0.167. The van der Waals surface area contributed by atoms with Crippen LogP contribution in [0.15, 0.2) is 41.2 Å². The molecule has 0 radical (unpaired) electrons. The van der Waals surface area contributed by atoms with E-state index in [4.69, 9.17) is 9.84 Å². The van der Waals surface area contributed by atoms with Crippen LogP contribution in [0.5, 0.6) is 5.75 Å².